The molecule has 0 radical (unpaired) electrons. The van der Waals surface area contributed by atoms with Gasteiger partial charge in [0, 0.05) is 38.1 Å². The number of methoxy groups -OCH3 is 1. The molecule has 0 spiro atoms. The highest BCUT2D eigenvalue weighted by Gasteiger charge is 2.22. The fourth-order valence-corrected chi connectivity index (χ4v) is 3.02. The Hall–Kier alpha value is -0.960. The minimum atomic E-state index is -3.56. The van der Waals surface area contributed by atoms with Gasteiger partial charge in [0.25, 0.3) is 10.0 Å². The normalized spacial score (nSPS) is 11.9. The minimum Gasteiger partial charge on any atom is -0.385 e. The first-order valence-corrected chi connectivity index (χ1v) is 8.24. The van der Waals surface area contributed by atoms with E-state index in [0.717, 1.165) is 25.1 Å². The number of unbranched alkanes of at least 4 members (excludes halogenated alkanes) is 1. The molecule has 0 fully saturated rings. The molecule has 20 heavy (non-hydrogen) atoms. The van der Waals surface area contributed by atoms with Crippen molar-refractivity contribution in [3.05, 3.63) is 11.3 Å². The van der Waals surface area contributed by atoms with Crippen molar-refractivity contribution in [1.29, 1.82) is 0 Å². The van der Waals surface area contributed by atoms with Crippen LogP contribution in [0.5, 0.6) is 0 Å². The standard InChI is InChI=1S/C12H24N4O3S/c1-4-13-9-11-10(2)15-16-12(11)20(17,18)14-7-5-6-8-19-3/h13-14H,4-9H2,1-3H3,(H,15,16). The van der Waals surface area contributed by atoms with E-state index in [0.29, 0.717) is 25.3 Å². The molecule has 7 nitrogen and oxygen atoms in total. The summed E-state index contributed by atoms with van der Waals surface area (Å²) in [6.45, 7) is 6.06. The summed E-state index contributed by atoms with van der Waals surface area (Å²) in [5.41, 5.74) is 1.46. The maximum absolute atomic E-state index is 12.2. The number of ether oxygens (including phenoxy) is 1. The molecule has 3 N–H and O–H groups in total. The molecule has 0 saturated carbocycles. The van der Waals surface area contributed by atoms with Crippen molar-refractivity contribution >= 4 is 10.0 Å². The second-order valence-corrected chi connectivity index (χ2v) is 6.19. The number of nitrogens with zero attached hydrogens (tertiary/aromatic N) is 1. The van der Waals surface area contributed by atoms with Crippen LogP contribution >= 0.6 is 0 Å². The molecule has 1 aromatic rings. The van der Waals surface area contributed by atoms with Crippen LogP contribution in [0.4, 0.5) is 0 Å². The molecule has 1 heterocycles. The summed E-state index contributed by atoms with van der Waals surface area (Å²) in [5.74, 6) is 0. The zero-order chi connectivity index (χ0) is 15.0. The fourth-order valence-electron chi connectivity index (χ4n) is 1.76. The summed E-state index contributed by atoms with van der Waals surface area (Å²) >= 11 is 0. The van der Waals surface area contributed by atoms with Gasteiger partial charge in [-0.1, -0.05) is 6.92 Å². The summed E-state index contributed by atoms with van der Waals surface area (Å²) in [5, 5.41) is 9.85. The molecular weight excluding hydrogens is 280 g/mol. The van der Waals surface area contributed by atoms with Gasteiger partial charge in [-0.2, -0.15) is 5.10 Å². The van der Waals surface area contributed by atoms with Crippen molar-refractivity contribution in [2.24, 2.45) is 0 Å². The lowest BCUT2D eigenvalue weighted by atomic mass is 10.2. The number of rotatable bonds is 10. The quantitative estimate of drug-likeness (QED) is 0.548. The highest BCUT2D eigenvalue weighted by atomic mass is 32.2. The molecule has 116 valence electrons. The Balaban J connectivity index is 2.67. The van der Waals surface area contributed by atoms with E-state index >= 15 is 0 Å². The highest BCUT2D eigenvalue weighted by Crippen LogP contribution is 2.15. The van der Waals surface area contributed by atoms with Gasteiger partial charge in [0.2, 0.25) is 0 Å². The lowest BCUT2D eigenvalue weighted by molar-refractivity contribution is 0.193. The lowest BCUT2D eigenvalue weighted by Gasteiger charge is -2.07. The summed E-state index contributed by atoms with van der Waals surface area (Å²) in [6.07, 6.45) is 1.56. The van der Waals surface area contributed by atoms with Crippen LogP contribution in [0.25, 0.3) is 0 Å². The van der Waals surface area contributed by atoms with E-state index in [2.05, 4.69) is 20.2 Å². The summed E-state index contributed by atoms with van der Waals surface area (Å²) < 4.78 is 31.9. The van der Waals surface area contributed by atoms with Crippen molar-refractivity contribution in [3.63, 3.8) is 0 Å². The molecule has 0 unspecified atom stereocenters. The van der Waals surface area contributed by atoms with Gasteiger partial charge in [-0.3, -0.25) is 5.10 Å². The van der Waals surface area contributed by atoms with Crippen LogP contribution in [-0.2, 0) is 21.3 Å². The van der Waals surface area contributed by atoms with Crippen molar-refractivity contribution in [1.82, 2.24) is 20.2 Å². The zero-order valence-electron chi connectivity index (χ0n) is 12.3. The highest BCUT2D eigenvalue weighted by molar-refractivity contribution is 7.89. The van der Waals surface area contributed by atoms with E-state index in [1.165, 1.54) is 0 Å². The summed E-state index contributed by atoms with van der Waals surface area (Å²) in [6, 6.07) is 0. The summed E-state index contributed by atoms with van der Waals surface area (Å²) in [4.78, 5) is 0. The van der Waals surface area contributed by atoms with Gasteiger partial charge in [-0.25, -0.2) is 13.1 Å². The molecule has 0 aliphatic carbocycles. The molecule has 1 aromatic heterocycles. The van der Waals surface area contributed by atoms with Crippen molar-refractivity contribution < 1.29 is 13.2 Å². The van der Waals surface area contributed by atoms with E-state index in [4.69, 9.17) is 4.74 Å². The largest absolute Gasteiger partial charge is 0.385 e. The van der Waals surface area contributed by atoms with Gasteiger partial charge in [-0.15, -0.1) is 0 Å². The number of hydrogen-bond acceptors (Lipinski definition) is 5. The number of aryl methyl sites for hydroxylation is 1. The van der Waals surface area contributed by atoms with E-state index in [1.807, 2.05) is 13.8 Å². The number of nitrogens with one attached hydrogen (secondary N) is 3. The van der Waals surface area contributed by atoms with Crippen molar-refractivity contribution in [3.8, 4) is 0 Å². The van der Waals surface area contributed by atoms with E-state index in [9.17, 15) is 8.42 Å². The molecule has 0 aliphatic heterocycles. The Morgan fingerprint density at radius 3 is 2.75 bits per heavy atom. The predicted molar refractivity (Wildman–Crippen MR) is 77.0 cm³/mol. The molecule has 8 heteroatoms. The molecule has 0 aliphatic rings. The smallest absolute Gasteiger partial charge is 0.260 e. The van der Waals surface area contributed by atoms with Gasteiger partial charge >= 0.3 is 0 Å². The Morgan fingerprint density at radius 2 is 2.10 bits per heavy atom. The average Bonchev–Trinajstić information content (AvgIpc) is 2.78. The summed E-state index contributed by atoms with van der Waals surface area (Å²) in [7, 11) is -1.93. The predicted octanol–water partition coefficient (Wildman–Crippen LogP) is 0.533. The molecule has 1 rings (SSSR count). The number of aromatic amines is 1. The molecule has 0 amide bonds. The Morgan fingerprint density at radius 1 is 1.35 bits per heavy atom. The number of H-pyrrole nitrogens is 1. The Labute approximate surface area is 120 Å². The first-order chi connectivity index (χ1) is 9.53. The van der Waals surface area contributed by atoms with Gasteiger partial charge in [0.15, 0.2) is 5.03 Å². The SMILES string of the molecule is CCNCc1c(S(=O)(=O)NCCCCOC)n[nH]c1C. The van der Waals surface area contributed by atoms with Gasteiger partial charge in [0.05, 0.1) is 0 Å². The van der Waals surface area contributed by atoms with Crippen molar-refractivity contribution in [2.45, 2.75) is 38.3 Å². The Bertz CT molecular complexity index is 499. The second-order valence-electron chi connectivity index (χ2n) is 4.51. The third-order valence-corrected chi connectivity index (χ3v) is 4.34. The number of hydrogen-bond donors (Lipinski definition) is 3. The van der Waals surface area contributed by atoms with E-state index in [1.54, 1.807) is 7.11 Å². The van der Waals surface area contributed by atoms with Crippen LogP contribution < -0.4 is 10.0 Å². The van der Waals surface area contributed by atoms with Crippen LogP contribution in [0.15, 0.2) is 5.03 Å². The van der Waals surface area contributed by atoms with Crippen LogP contribution in [-0.4, -0.2) is 45.4 Å². The van der Waals surface area contributed by atoms with E-state index in [-0.39, 0.29) is 5.03 Å². The second kappa shape index (κ2) is 8.35. The number of sulfonamides is 1. The lowest BCUT2D eigenvalue weighted by Crippen LogP contribution is -2.27. The van der Waals surface area contributed by atoms with Gasteiger partial charge < -0.3 is 10.1 Å². The van der Waals surface area contributed by atoms with Crippen LogP contribution in [0, 0.1) is 6.92 Å². The third kappa shape index (κ3) is 4.86. The molecule has 0 saturated heterocycles. The average molecular weight is 304 g/mol. The van der Waals surface area contributed by atoms with Crippen molar-refractivity contribution in [2.75, 3.05) is 26.8 Å². The maximum atomic E-state index is 12.2. The maximum Gasteiger partial charge on any atom is 0.260 e. The first-order valence-electron chi connectivity index (χ1n) is 6.76. The van der Waals surface area contributed by atoms with Gasteiger partial charge in [-0.05, 0) is 26.3 Å². The van der Waals surface area contributed by atoms with Crippen LogP contribution in [0.3, 0.4) is 0 Å². The topological polar surface area (TPSA) is 96.1 Å². The van der Waals surface area contributed by atoms with Crippen LogP contribution in [0.2, 0.25) is 0 Å². The van der Waals surface area contributed by atoms with Crippen LogP contribution in [0.1, 0.15) is 31.0 Å². The van der Waals surface area contributed by atoms with E-state index < -0.39 is 10.0 Å². The number of aromatic nitrogens is 2. The Kier molecular flexibility index (Phi) is 7.14. The monoisotopic (exact) mass is 304 g/mol. The fraction of sp³-hybridized carbons (Fsp3) is 0.750. The minimum absolute atomic E-state index is 0.0858. The zero-order valence-corrected chi connectivity index (χ0v) is 13.1. The third-order valence-electron chi connectivity index (χ3n) is 2.91. The van der Waals surface area contributed by atoms with Gasteiger partial charge in [0.1, 0.15) is 0 Å². The molecule has 0 aromatic carbocycles. The molecule has 0 atom stereocenters. The molecular formula is C12H24N4O3S. The molecule has 0 bridgehead atoms. The first kappa shape index (κ1) is 17.1.